The Kier molecular flexibility index (Phi) is 2.88. The summed E-state index contributed by atoms with van der Waals surface area (Å²) in [5.74, 6) is -2.37. The molecular weight excluding hydrogens is 229 g/mol. The van der Waals surface area contributed by atoms with Gasteiger partial charge < -0.3 is 14.6 Å². The van der Waals surface area contributed by atoms with Crippen molar-refractivity contribution in [3.8, 4) is 0 Å². The fourth-order valence-corrected chi connectivity index (χ4v) is 1.73. The highest BCUT2D eigenvalue weighted by Crippen LogP contribution is 2.21. The minimum atomic E-state index is -2.06. The van der Waals surface area contributed by atoms with Crippen LogP contribution >= 0.6 is 0 Å². The highest BCUT2D eigenvalue weighted by Gasteiger charge is 2.24. The number of halogens is 2. The summed E-state index contributed by atoms with van der Waals surface area (Å²) in [7, 11) is -2.06. The summed E-state index contributed by atoms with van der Waals surface area (Å²) in [5, 5.41) is 17.8. The van der Waals surface area contributed by atoms with Crippen LogP contribution in [0.4, 0.5) is 8.78 Å². The van der Waals surface area contributed by atoms with Crippen molar-refractivity contribution in [1.82, 2.24) is 9.55 Å². The average molecular weight is 240 g/mol. The zero-order valence-electron chi connectivity index (χ0n) is 9.35. The molecule has 0 atom stereocenters. The molecule has 0 saturated carbocycles. The molecule has 0 fully saturated rings. The van der Waals surface area contributed by atoms with Gasteiger partial charge in [-0.15, -0.1) is 0 Å². The minimum absolute atomic E-state index is 0.0295. The second kappa shape index (κ2) is 4.08. The molecular formula is C10H11BF2N2O2. The molecule has 1 aromatic carbocycles. The van der Waals surface area contributed by atoms with Crippen molar-refractivity contribution in [1.29, 1.82) is 0 Å². The van der Waals surface area contributed by atoms with Crippen LogP contribution in [-0.2, 0) is 0 Å². The van der Waals surface area contributed by atoms with Crippen molar-refractivity contribution < 1.29 is 18.8 Å². The van der Waals surface area contributed by atoms with E-state index in [2.05, 4.69) is 4.98 Å². The van der Waals surface area contributed by atoms with Gasteiger partial charge in [-0.25, -0.2) is 13.8 Å². The van der Waals surface area contributed by atoms with E-state index in [1.54, 1.807) is 0 Å². The second-order valence-corrected chi connectivity index (χ2v) is 4.08. The molecule has 1 heterocycles. The maximum absolute atomic E-state index is 13.8. The highest BCUT2D eigenvalue weighted by atomic mass is 19.2. The molecule has 0 radical (unpaired) electrons. The maximum Gasteiger partial charge on any atom is 0.491 e. The molecule has 0 unspecified atom stereocenters. The van der Waals surface area contributed by atoms with Crippen molar-refractivity contribution in [2.45, 2.75) is 19.9 Å². The Bertz CT molecular complexity index is 569. The molecule has 7 heteroatoms. The summed E-state index contributed by atoms with van der Waals surface area (Å²) in [5.41, 5.74) is -0.286. The molecule has 0 amide bonds. The van der Waals surface area contributed by atoms with E-state index in [1.807, 2.05) is 13.8 Å². The van der Waals surface area contributed by atoms with Gasteiger partial charge in [0.25, 0.3) is 0 Å². The quantitative estimate of drug-likeness (QED) is 0.754. The number of hydrogen-bond acceptors (Lipinski definition) is 3. The van der Waals surface area contributed by atoms with Crippen molar-refractivity contribution >= 4 is 23.6 Å². The fourth-order valence-electron chi connectivity index (χ4n) is 1.73. The zero-order chi connectivity index (χ0) is 12.7. The summed E-state index contributed by atoms with van der Waals surface area (Å²) in [6.45, 7) is 3.63. The van der Waals surface area contributed by atoms with Crippen LogP contribution in [0.1, 0.15) is 19.9 Å². The Morgan fingerprint density at radius 1 is 1.29 bits per heavy atom. The van der Waals surface area contributed by atoms with Gasteiger partial charge in [-0.05, 0) is 19.9 Å². The van der Waals surface area contributed by atoms with Gasteiger partial charge in [-0.2, -0.15) is 0 Å². The van der Waals surface area contributed by atoms with Crippen LogP contribution < -0.4 is 5.46 Å². The van der Waals surface area contributed by atoms with Crippen LogP contribution in [0.15, 0.2) is 12.4 Å². The Morgan fingerprint density at radius 3 is 2.47 bits per heavy atom. The summed E-state index contributed by atoms with van der Waals surface area (Å²) in [6.07, 6.45) is 1.39. The van der Waals surface area contributed by atoms with E-state index in [1.165, 1.54) is 10.9 Å². The molecule has 0 aliphatic carbocycles. The van der Waals surface area contributed by atoms with E-state index in [0.717, 1.165) is 6.07 Å². The largest absolute Gasteiger partial charge is 0.491 e. The monoisotopic (exact) mass is 240 g/mol. The lowest BCUT2D eigenvalue weighted by atomic mass is 9.79. The summed E-state index contributed by atoms with van der Waals surface area (Å²) >= 11 is 0. The van der Waals surface area contributed by atoms with Gasteiger partial charge in [-0.1, -0.05) is 0 Å². The number of benzene rings is 1. The normalized spacial score (nSPS) is 11.5. The highest BCUT2D eigenvalue weighted by molar-refractivity contribution is 6.59. The number of nitrogens with zero attached hydrogens (tertiary/aromatic N) is 2. The number of imidazole rings is 1. The van der Waals surface area contributed by atoms with Crippen LogP contribution in [0, 0.1) is 11.6 Å². The first-order chi connectivity index (χ1) is 7.93. The average Bonchev–Trinajstić information content (AvgIpc) is 2.66. The first-order valence-corrected chi connectivity index (χ1v) is 5.14. The van der Waals surface area contributed by atoms with Gasteiger partial charge in [0.1, 0.15) is 5.52 Å². The van der Waals surface area contributed by atoms with Gasteiger partial charge in [0.15, 0.2) is 11.6 Å². The lowest BCUT2D eigenvalue weighted by Gasteiger charge is -2.10. The SMILES string of the molecule is CC(C)n1cnc2cc(B(O)O)c(F)c(F)c21. The predicted molar refractivity (Wildman–Crippen MR) is 59.9 cm³/mol. The molecule has 4 nitrogen and oxygen atoms in total. The molecule has 0 spiro atoms. The molecule has 0 bridgehead atoms. The van der Waals surface area contributed by atoms with Crippen LogP contribution in [0.5, 0.6) is 0 Å². The van der Waals surface area contributed by atoms with Crippen LogP contribution in [0.2, 0.25) is 0 Å². The van der Waals surface area contributed by atoms with E-state index in [-0.39, 0.29) is 17.1 Å². The van der Waals surface area contributed by atoms with E-state index in [9.17, 15) is 8.78 Å². The third-order valence-corrected chi connectivity index (χ3v) is 2.60. The zero-order valence-corrected chi connectivity index (χ0v) is 9.35. The van der Waals surface area contributed by atoms with Gasteiger partial charge in [0.05, 0.1) is 11.8 Å². The summed E-state index contributed by atoms with van der Waals surface area (Å²) in [4.78, 5) is 3.92. The number of hydrogen-bond donors (Lipinski definition) is 2. The summed E-state index contributed by atoms with van der Waals surface area (Å²) < 4.78 is 28.9. The van der Waals surface area contributed by atoms with E-state index < -0.39 is 24.2 Å². The first kappa shape index (κ1) is 12.0. The van der Waals surface area contributed by atoms with Crippen LogP contribution in [-0.4, -0.2) is 26.7 Å². The number of aromatic nitrogens is 2. The molecule has 2 rings (SSSR count). The Hall–Kier alpha value is -1.47. The lowest BCUT2D eigenvalue weighted by Crippen LogP contribution is -2.33. The molecule has 0 aliphatic heterocycles. The van der Waals surface area contributed by atoms with Gasteiger partial charge >= 0.3 is 7.12 Å². The fraction of sp³-hybridized carbons (Fsp3) is 0.300. The van der Waals surface area contributed by atoms with Crippen molar-refractivity contribution in [2.24, 2.45) is 0 Å². The Balaban J connectivity index is 2.79. The van der Waals surface area contributed by atoms with Crippen LogP contribution in [0.25, 0.3) is 11.0 Å². The van der Waals surface area contributed by atoms with Gasteiger partial charge in [0, 0.05) is 11.5 Å². The van der Waals surface area contributed by atoms with E-state index in [4.69, 9.17) is 10.0 Å². The molecule has 2 N–H and O–H groups in total. The topological polar surface area (TPSA) is 58.3 Å². The third kappa shape index (κ3) is 1.81. The van der Waals surface area contributed by atoms with Crippen molar-refractivity contribution in [3.63, 3.8) is 0 Å². The van der Waals surface area contributed by atoms with Crippen molar-refractivity contribution in [2.75, 3.05) is 0 Å². The minimum Gasteiger partial charge on any atom is -0.423 e. The molecule has 1 aromatic heterocycles. The van der Waals surface area contributed by atoms with Gasteiger partial charge in [-0.3, -0.25) is 0 Å². The molecule has 17 heavy (non-hydrogen) atoms. The molecule has 2 aromatic rings. The smallest absolute Gasteiger partial charge is 0.423 e. The second-order valence-electron chi connectivity index (χ2n) is 4.08. The molecule has 0 aliphatic rings. The first-order valence-electron chi connectivity index (χ1n) is 5.14. The standard InChI is InChI=1S/C10H11BF2N2O2/c1-5(2)15-4-14-7-3-6(11(16)17)8(12)9(13)10(7)15/h3-5,16-17H,1-2H3. The van der Waals surface area contributed by atoms with E-state index in [0.29, 0.717) is 0 Å². The maximum atomic E-state index is 13.8. The molecule has 90 valence electrons. The third-order valence-electron chi connectivity index (χ3n) is 2.60. The summed E-state index contributed by atoms with van der Waals surface area (Å²) in [6, 6.07) is 1.07. The number of rotatable bonds is 2. The van der Waals surface area contributed by atoms with Crippen molar-refractivity contribution in [3.05, 3.63) is 24.0 Å². The van der Waals surface area contributed by atoms with Crippen LogP contribution in [0.3, 0.4) is 0 Å². The Morgan fingerprint density at radius 2 is 1.94 bits per heavy atom. The van der Waals surface area contributed by atoms with E-state index >= 15 is 0 Å². The predicted octanol–water partition coefficient (Wildman–Crippen LogP) is 0.575. The van der Waals surface area contributed by atoms with Gasteiger partial charge in [0.2, 0.25) is 0 Å². The molecule has 0 saturated heterocycles. The number of fused-ring (bicyclic) bond motifs is 1. The lowest BCUT2D eigenvalue weighted by molar-refractivity contribution is 0.420. The Labute approximate surface area is 96.7 Å².